The van der Waals surface area contributed by atoms with E-state index in [9.17, 15) is 0 Å². The quantitative estimate of drug-likeness (QED) is 0.914. The number of pyridine rings is 1. The largest absolute Gasteiger partial charge is 0.384 e. The summed E-state index contributed by atoms with van der Waals surface area (Å²) in [5, 5.41) is 0.979. The molecule has 2 saturated heterocycles. The summed E-state index contributed by atoms with van der Waals surface area (Å²) in [6, 6.07) is 3.79. The van der Waals surface area contributed by atoms with E-state index in [2.05, 4.69) is 19.9 Å². The van der Waals surface area contributed by atoms with Crippen LogP contribution in [0, 0.1) is 5.92 Å². The first-order valence-corrected chi connectivity index (χ1v) is 8.05. The van der Waals surface area contributed by atoms with Gasteiger partial charge < -0.3 is 15.4 Å². The molecule has 0 saturated carbocycles. The fourth-order valence-electron chi connectivity index (χ4n) is 3.65. The van der Waals surface area contributed by atoms with Crippen molar-refractivity contribution in [2.24, 2.45) is 5.92 Å². The molecule has 2 fully saturated rings. The lowest BCUT2D eigenvalue weighted by atomic mass is 9.90. The summed E-state index contributed by atoms with van der Waals surface area (Å²) in [6.07, 6.45) is 6.83. The van der Waals surface area contributed by atoms with E-state index in [0.717, 1.165) is 30.9 Å². The summed E-state index contributed by atoms with van der Waals surface area (Å²) in [5.74, 6) is 2.16. The molecular formula is C16H21N5O. The van der Waals surface area contributed by atoms with Gasteiger partial charge in [-0.05, 0) is 43.7 Å². The Hall–Kier alpha value is -1.95. The van der Waals surface area contributed by atoms with Crippen LogP contribution in [0.3, 0.4) is 0 Å². The minimum absolute atomic E-state index is 0.478. The van der Waals surface area contributed by atoms with E-state index in [0.29, 0.717) is 23.5 Å². The fourth-order valence-corrected chi connectivity index (χ4v) is 3.65. The van der Waals surface area contributed by atoms with Crippen LogP contribution in [0.5, 0.6) is 0 Å². The van der Waals surface area contributed by atoms with Gasteiger partial charge in [0.1, 0.15) is 18.0 Å². The zero-order chi connectivity index (χ0) is 14.9. The number of hydrogen-bond donors (Lipinski definition) is 1. The van der Waals surface area contributed by atoms with Crippen molar-refractivity contribution in [2.45, 2.75) is 31.8 Å². The van der Waals surface area contributed by atoms with Gasteiger partial charge in [0.2, 0.25) is 0 Å². The highest BCUT2D eigenvalue weighted by Crippen LogP contribution is 2.32. The van der Waals surface area contributed by atoms with Crippen LogP contribution in [-0.2, 0) is 4.74 Å². The van der Waals surface area contributed by atoms with Gasteiger partial charge in [-0.15, -0.1) is 0 Å². The number of nitrogens with zero attached hydrogens (tertiary/aromatic N) is 4. The summed E-state index contributed by atoms with van der Waals surface area (Å²) in [6.45, 7) is 2.97. The van der Waals surface area contributed by atoms with Crippen LogP contribution in [0.4, 0.5) is 11.6 Å². The monoisotopic (exact) mass is 299 g/mol. The third-order valence-corrected chi connectivity index (χ3v) is 4.83. The lowest BCUT2D eigenvalue weighted by Crippen LogP contribution is -2.38. The summed E-state index contributed by atoms with van der Waals surface area (Å²) in [7, 11) is 0. The van der Waals surface area contributed by atoms with Gasteiger partial charge in [-0.3, -0.25) is 0 Å². The van der Waals surface area contributed by atoms with Gasteiger partial charge in [0, 0.05) is 19.7 Å². The Morgan fingerprint density at radius 1 is 1.14 bits per heavy atom. The highest BCUT2D eigenvalue weighted by molar-refractivity contribution is 5.87. The first-order valence-electron chi connectivity index (χ1n) is 8.05. The second-order valence-electron chi connectivity index (χ2n) is 6.18. The van der Waals surface area contributed by atoms with Crippen molar-refractivity contribution in [2.75, 3.05) is 30.3 Å². The Kier molecular flexibility index (Phi) is 3.54. The highest BCUT2D eigenvalue weighted by atomic mass is 16.5. The Morgan fingerprint density at radius 3 is 2.77 bits per heavy atom. The molecule has 2 aliphatic rings. The van der Waals surface area contributed by atoms with Crippen LogP contribution in [0.1, 0.15) is 25.7 Å². The second-order valence-corrected chi connectivity index (χ2v) is 6.18. The molecule has 6 nitrogen and oxygen atoms in total. The van der Waals surface area contributed by atoms with E-state index in [1.165, 1.54) is 25.7 Å². The molecule has 1 atom stereocenters. The SMILES string of the molecule is Nc1ccc2c(N3CCC(C4CCCO4)CC3)ncnc2n1. The molecule has 4 heterocycles. The maximum absolute atomic E-state index is 5.85. The normalized spacial score (nSPS) is 23.3. The van der Waals surface area contributed by atoms with E-state index < -0.39 is 0 Å². The smallest absolute Gasteiger partial charge is 0.166 e. The van der Waals surface area contributed by atoms with Crippen molar-refractivity contribution in [3.63, 3.8) is 0 Å². The van der Waals surface area contributed by atoms with Crippen molar-refractivity contribution < 1.29 is 4.74 Å². The number of aromatic nitrogens is 3. The van der Waals surface area contributed by atoms with Crippen LogP contribution < -0.4 is 10.6 Å². The molecule has 0 bridgehead atoms. The molecule has 4 rings (SSSR count). The lowest BCUT2D eigenvalue weighted by molar-refractivity contribution is 0.0531. The molecular weight excluding hydrogens is 278 g/mol. The molecule has 2 aromatic rings. The van der Waals surface area contributed by atoms with Gasteiger partial charge >= 0.3 is 0 Å². The second kappa shape index (κ2) is 5.68. The summed E-state index contributed by atoms with van der Waals surface area (Å²) in [5.41, 5.74) is 6.41. The van der Waals surface area contributed by atoms with E-state index in [-0.39, 0.29) is 0 Å². The molecule has 0 amide bonds. The van der Waals surface area contributed by atoms with E-state index in [4.69, 9.17) is 10.5 Å². The minimum atomic E-state index is 0.478. The molecule has 2 aliphatic heterocycles. The third kappa shape index (κ3) is 2.47. The Morgan fingerprint density at radius 2 is 2.00 bits per heavy atom. The van der Waals surface area contributed by atoms with E-state index in [1.807, 2.05) is 12.1 Å². The van der Waals surface area contributed by atoms with Crippen molar-refractivity contribution in [1.29, 1.82) is 0 Å². The van der Waals surface area contributed by atoms with Crippen LogP contribution in [0.15, 0.2) is 18.5 Å². The van der Waals surface area contributed by atoms with E-state index in [1.54, 1.807) is 6.33 Å². The van der Waals surface area contributed by atoms with Gasteiger partial charge in [-0.2, -0.15) is 0 Å². The molecule has 0 spiro atoms. The number of rotatable bonds is 2. The molecule has 6 heteroatoms. The first-order chi connectivity index (χ1) is 10.8. The molecule has 1 unspecified atom stereocenters. The summed E-state index contributed by atoms with van der Waals surface area (Å²) in [4.78, 5) is 15.3. The lowest BCUT2D eigenvalue weighted by Gasteiger charge is -2.35. The van der Waals surface area contributed by atoms with Crippen molar-refractivity contribution in [3.05, 3.63) is 18.5 Å². The van der Waals surface area contributed by atoms with Crippen LogP contribution in [0.25, 0.3) is 11.0 Å². The molecule has 2 aromatic heterocycles. The van der Waals surface area contributed by atoms with Crippen molar-refractivity contribution in [3.8, 4) is 0 Å². The van der Waals surface area contributed by atoms with Crippen LogP contribution in [0.2, 0.25) is 0 Å². The molecule has 116 valence electrons. The molecule has 2 N–H and O–H groups in total. The average molecular weight is 299 g/mol. The fraction of sp³-hybridized carbons (Fsp3) is 0.562. The molecule has 0 aromatic carbocycles. The number of hydrogen-bond acceptors (Lipinski definition) is 6. The third-order valence-electron chi connectivity index (χ3n) is 4.83. The maximum atomic E-state index is 5.85. The topological polar surface area (TPSA) is 77.2 Å². The standard InChI is InChI=1S/C16H21N5O/c17-14-4-3-12-15(20-14)18-10-19-16(12)21-7-5-11(6-8-21)13-2-1-9-22-13/h3-4,10-11,13H,1-2,5-9H2,(H2,17,18,19,20). The predicted octanol–water partition coefficient (Wildman–Crippen LogP) is 2.00. The van der Waals surface area contributed by atoms with Crippen molar-refractivity contribution in [1.82, 2.24) is 15.0 Å². The first kappa shape index (κ1) is 13.7. The number of ether oxygens (including phenoxy) is 1. The predicted molar refractivity (Wildman–Crippen MR) is 85.7 cm³/mol. The van der Waals surface area contributed by atoms with Crippen LogP contribution in [-0.4, -0.2) is 40.8 Å². The number of piperidine rings is 1. The summed E-state index contributed by atoms with van der Waals surface area (Å²) < 4.78 is 5.85. The van der Waals surface area contributed by atoms with Crippen LogP contribution >= 0.6 is 0 Å². The average Bonchev–Trinajstić information content (AvgIpc) is 3.09. The van der Waals surface area contributed by atoms with Gasteiger partial charge in [0.05, 0.1) is 11.5 Å². The summed E-state index contributed by atoms with van der Waals surface area (Å²) >= 11 is 0. The molecule has 0 radical (unpaired) electrons. The van der Waals surface area contributed by atoms with Crippen molar-refractivity contribution >= 4 is 22.7 Å². The Balaban J connectivity index is 1.53. The number of nitrogens with two attached hydrogens (primary N) is 1. The van der Waals surface area contributed by atoms with E-state index >= 15 is 0 Å². The zero-order valence-corrected chi connectivity index (χ0v) is 12.6. The van der Waals surface area contributed by atoms with Gasteiger partial charge in [-0.25, -0.2) is 15.0 Å². The maximum Gasteiger partial charge on any atom is 0.166 e. The van der Waals surface area contributed by atoms with Gasteiger partial charge in [0.25, 0.3) is 0 Å². The Labute approximate surface area is 129 Å². The zero-order valence-electron chi connectivity index (χ0n) is 12.6. The number of fused-ring (bicyclic) bond motifs is 1. The minimum Gasteiger partial charge on any atom is -0.384 e. The molecule has 22 heavy (non-hydrogen) atoms. The van der Waals surface area contributed by atoms with Gasteiger partial charge in [0.15, 0.2) is 5.65 Å². The Bertz CT molecular complexity index is 663. The molecule has 0 aliphatic carbocycles. The van der Waals surface area contributed by atoms with Gasteiger partial charge in [-0.1, -0.05) is 0 Å². The highest BCUT2D eigenvalue weighted by Gasteiger charge is 2.30. The number of anilines is 2. The number of nitrogen functional groups attached to an aromatic ring is 1.